The molecule has 1 N–H and O–H groups in total. The van der Waals surface area contributed by atoms with Gasteiger partial charge in [0.25, 0.3) is 5.91 Å². The average molecular weight is 338 g/mol. The van der Waals surface area contributed by atoms with E-state index in [1.807, 2.05) is 36.5 Å². The monoisotopic (exact) mass is 338 g/mol. The maximum Gasteiger partial charge on any atom is 0.280 e. The van der Waals surface area contributed by atoms with Gasteiger partial charge in [-0.2, -0.15) is 5.10 Å². The van der Waals surface area contributed by atoms with E-state index >= 15 is 0 Å². The number of aromatic nitrogens is 3. The Bertz CT molecular complexity index is 938. The van der Waals surface area contributed by atoms with Crippen molar-refractivity contribution in [3.63, 3.8) is 0 Å². The summed E-state index contributed by atoms with van der Waals surface area (Å²) in [5.41, 5.74) is 2.82. The lowest BCUT2D eigenvalue weighted by Gasteiger charge is -2.03. The Kier molecular flexibility index (Phi) is 3.84. The molecule has 1 aromatic carbocycles. The molecule has 0 aliphatic carbocycles. The zero-order chi connectivity index (χ0) is 16.4. The zero-order valence-corrected chi connectivity index (χ0v) is 13.5. The number of carbonyl (C=O) groups excluding carboxylic acids is 1. The number of para-hydroxylation sites is 1. The summed E-state index contributed by atoms with van der Waals surface area (Å²) >= 11 is 1.40. The van der Waals surface area contributed by atoms with Gasteiger partial charge in [0, 0.05) is 23.9 Å². The molecule has 0 aliphatic heterocycles. The van der Waals surface area contributed by atoms with Gasteiger partial charge in [-0.15, -0.1) is 11.3 Å². The SMILES string of the molecule is O=C(NCCn1cc(-c2ccoc2)cn1)c1nc2ccccc2s1. The van der Waals surface area contributed by atoms with Crippen LogP contribution in [0.3, 0.4) is 0 Å². The summed E-state index contributed by atoms with van der Waals surface area (Å²) in [6.45, 7) is 1.08. The van der Waals surface area contributed by atoms with Gasteiger partial charge in [-0.25, -0.2) is 4.98 Å². The fourth-order valence-corrected chi connectivity index (χ4v) is 3.27. The Morgan fingerprint density at radius 1 is 1.25 bits per heavy atom. The zero-order valence-electron chi connectivity index (χ0n) is 12.7. The number of thiazole rings is 1. The molecule has 3 heterocycles. The molecule has 24 heavy (non-hydrogen) atoms. The van der Waals surface area contributed by atoms with Crippen LogP contribution in [0, 0.1) is 0 Å². The van der Waals surface area contributed by atoms with Crippen LogP contribution in [-0.4, -0.2) is 27.2 Å². The van der Waals surface area contributed by atoms with Gasteiger partial charge >= 0.3 is 0 Å². The second-order valence-corrected chi connectivity index (χ2v) is 6.28. The molecular weight excluding hydrogens is 324 g/mol. The summed E-state index contributed by atoms with van der Waals surface area (Å²) in [4.78, 5) is 16.5. The minimum Gasteiger partial charge on any atom is -0.472 e. The third-order valence-corrected chi connectivity index (χ3v) is 4.64. The van der Waals surface area contributed by atoms with E-state index in [1.54, 1.807) is 23.4 Å². The van der Waals surface area contributed by atoms with Gasteiger partial charge in [-0.05, 0) is 18.2 Å². The Labute approximate surface area is 141 Å². The largest absolute Gasteiger partial charge is 0.472 e. The van der Waals surface area contributed by atoms with E-state index in [1.165, 1.54) is 11.3 Å². The molecular formula is C17H14N4O2S. The van der Waals surface area contributed by atoms with Crippen LogP contribution in [0.25, 0.3) is 21.3 Å². The van der Waals surface area contributed by atoms with Crippen LogP contribution >= 0.6 is 11.3 Å². The molecule has 0 unspecified atom stereocenters. The molecule has 0 bridgehead atoms. The number of carbonyl (C=O) groups is 1. The van der Waals surface area contributed by atoms with Crippen LogP contribution in [0.15, 0.2) is 59.7 Å². The second kappa shape index (κ2) is 6.29. The van der Waals surface area contributed by atoms with Gasteiger partial charge in [0.05, 0.1) is 35.5 Å². The van der Waals surface area contributed by atoms with E-state index in [-0.39, 0.29) is 5.91 Å². The van der Waals surface area contributed by atoms with E-state index in [0.717, 1.165) is 21.3 Å². The minimum absolute atomic E-state index is 0.154. The van der Waals surface area contributed by atoms with Gasteiger partial charge in [0.1, 0.15) is 0 Å². The first-order valence-corrected chi connectivity index (χ1v) is 8.30. The molecule has 0 spiro atoms. The molecule has 0 saturated carbocycles. The van der Waals surface area contributed by atoms with Crippen molar-refractivity contribution in [1.29, 1.82) is 0 Å². The van der Waals surface area contributed by atoms with Crippen molar-refractivity contribution in [3.05, 3.63) is 60.3 Å². The molecule has 4 rings (SSSR count). The fourth-order valence-electron chi connectivity index (χ4n) is 2.39. The summed E-state index contributed by atoms with van der Waals surface area (Å²) in [7, 11) is 0. The van der Waals surface area contributed by atoms with Crippen molar-refractivity contribution in [2.75, 3.05) is 6.54 Å². The number of nitrogens with one attached hydrogen (secondary N) is 1. The van der Waals surface area contributed by atoms with E-state index < -0.39 is 0 Å². The van der Waals surface area contributed by atoms with Crippen LogP contribution in [0.1, 0.15) is 9.80 Å². The van der Waals surface area contributed by atoms with Crippen LogP contribution < -0.4 is 5.32 Å². The van der Waals surface area contributed by atoms with Gasteiger partial charge in [0.2, 0.25) is 0 Å². The predicted octanol–water partition coefficient (Wildman–Crippen LogP) is 3.18. The van der Waals surface area contributed by atoms with Crippen molar-refractivity contribution < 1.29 is 9.21 Å². The highest BCUT2D eigenvalue weighted by Crippen LogP contribution is 2.21. The standard InChI is InChI=1S/C17H14N4O2S/c22-16(17-20-14-3-1-2-4-15(14)24-17)18-6-7-21-10-13(9-19-21)12-5-8-23-11-12/h1-5,8-11H,6-7H2,(H,18,22). The first-order chi connectivity index (χ1) is 11.8. The van der Waals surface area contributed by atoms with E-state index in [2.05, 4.69) is 15.4 Å². The number of benzene rings is 1. The van der Waals surface area contributed by atoms with Crippen molar-refractivity contribution in [3.8, 4) is 11.1 Å². The Morgan fingerprint density at radius 2 is 2.17 bits per heavy atom. The Hall–Kier alpha value is -2.93. The quantitative estimate of drug-likeness (QED) is 0.606. The van der Waals surface area contributed by atoms with E-state index in [0.29, 0.717) is 18.1 Å². The van der Waals surface area contributed by atoms with E-state index in [9.17, 15) is 4.79 Å². The van der Waals surface area contributed by atoms with Crippen LogP contribution in [0.4, 0.5) is 0 Å². The number of furan rings is 1. The number of hydrogen-bond donors (Lipinski definition) is 1. The number of hydrogen-bond acceptors (Lipinski definition) is 5. The highest BCUT2D eigenvalue weighted by Gasteiger charge is 2.11. The number of amides is 1. The number of nitrogens with zero attached hydrogens (tertiary/aromatic N) is 3. The Balaban J connectivity index is 1.36. The molecule has 0 radical (unpaired) electrons. The molecule has 0 saturated heterocycles. The maximum atomic E-state index is 12.2. The lowest BCUT2D eigenvalue weighted by molar-refractivity contribution is 0.0952. The fraction of sp³-hybridized carbons (Fsp3) is 0.118. The van der Waals surface area contributed by atoms with Gasteiger partial charge in [-0.1, -0.05) is 12.1 Å². The molecule has 0 atom stereocenters. The highest BCUT2D eigenvalue weighted by molar-refractivity contribution is 7.20. The Morgan fingerprint density at radius 3 is 3.00 bits per heavy atom. The molecule has 1 amide bonds. The summed E-state index contributed by atoms with van der Waals surface area (Å²) in [5.74, 6) is -0.154. The summed E-state index contributed by atoms with van der Waals surface area (Å²) in [6.07, 6.45) is 7.01. The van der Waals surface area contributed by atoms with Crippen molar-refractivity contribution >= 4 is 27.5 Å². The third kappa shape index (κ3) is 2.93. The summed E-state index contributed by atoms with van der Waals surface area (Å²) in [6, 6.07) is 9.61. The predicted molar refractivity (Wildman–Crippen MR) is 91.9 cm³/mol. The summed E-state index contributed by atoms with van der Waals surface area (Å²) < 4.78 is 7.87. The minimum atomic E-state index is -0.154. The molecule has 0 aliphatic rings. The average Bonchev–Trinajstić information content (AvgIpc) is 3.33. The summed E-state index contributed by atoms with van der Waals surface area (Å²) in [5, 5.41) is 7.65. The molecule has 120 valence electrons. The van der Waals surface area contributed by atoms with Crippen molar-refractivity contribution in [2.45, 2.75) is 6.54 Å². The second-order valence-electron chi connectivity index (χ2n) is 5.25. The maximum absolute atomic E-state index is 12.2. The van der Waals surface area contributed by atoms with Gasteiger partial charge < -0.3 is 9.73 Å². The molecule has 4 aromatic rings. The van der Waals surface area contributed by atoms with Gasteiger partial charge in [-0.3, -0.25) is 9.48 Å². The van der Waals surface area contributed by atoms with Crippen molar-refractivity contribution in [1.82, 2.24) is 20.1 Å². The van der Waals surface area contributed by atoms with Crippen molar-refractivity contribution in [2.24, 2.45) is 0 Å². The molecule has 6 nitrogen and oxygen atoms in total. The van der Waals surface area contributed by atoms with E-state index in [4.69, 9.17) is 4.42 Å². The van der Waals surface area contributed by atoms with Crippen LogP contribution in [0.5, 0.6) is 0 Å². The topological polar surface area (TPSA) is 73.0 Å². The van der Waals surface area contributed by atoms with Crippen LogP contribution in [-0.2, 0) is 6.54 Å². The number of rotatable bonds is 5. The van der Waals surface area contributed by atoms with Crippen LogP contribution in [0.2, 0.25) is 0 Å². The first kappa shape index (κ1) is 14.6. The lowest BCUT2D eigenvalue weighted by Crippen LogP contribution is -2.27. The lowest BCUT2D eigenvalue weighted by atomic mass is 10.2. The molecule has 3 aromatic heterocycles. The number of fused-ring (bicyclic) bond motifs is 1. The molecule has 7 heteroatoms. The first-order valence-electron chi connectivity index (χ1n) is 7.48. The third-order valence-electron chi connectivity index (χ3n) is 3.60. The normalized spacial score (nSPS) is 11.0. The van der Waals surface area contributed by atoms with Gasteiger partial charge in [0.15, 0.2) is 5.01 Å². The smallest absolute Gasteiger partial charge is 0.280 e. The highest BCUT2D eigenvalue weighted by atomic mass is 32.1. The molecule has 0 fully saturated rings.